The van der Waals surface area contributed by atoms with Gasteiger partial charge in [-0.25, -0.2) is 13.8 Å². The fraction of sp³-hybridized carbons (Fsp3) is 0.200. The van der Waals surface area contributed by atoms with Crippen molar-refractivity contribution in [2.24, 2.45) is 5.41 Å². The number of carbonyl (C=O) groups is 2. The number of aliphatic hydroxyl groups excluding tert-OH is 1. The molecule has 1 aliphatic carbocycles. The number of nitrogens with one attached hydrogen (secondary N) is 3. The predicted octanol–water partition coefficient (Wildman–Crippen LogP) is 3.92. The van der Waals surface area contributed by atoms with E-state index in [9.17, 15) is 23.5 Å². The normalized spacial score (nSPS) is 13.9. The zero-order valence-corrected chi connectivity index (χ0v) is 18.8. The first-order chi connectivity index (χ1) is 17.4. The molecular weight excluding hydrogens is 472 g/mol. The number of hydrogen-bond acceptors (Lipinski definition) is 6. The number of carbonyl (C=O) groups excluding carboxylic acids is 2. The summed E-state index contributed by atoms with van der Waals surface area (Å²) in [5.41, 5.74) is 0.239. The van der Waals surface area contributed by atoms with Gasteiger partial charge in [-0.05, 0) is 55.3 Å². The van der Waals surface area contributed by atoms with E-state index in [2.05, 4.69) is 25.8 Å². The lowest BCUT2D eigenvalue weighted by Crippen LogP contribution is -2.35. The first-order valence-electron chi connectivity index (χ1n) is 11.2. The lowest BCUT2D eigenvalue weighted by Gasteiger charge is -2.16. The molecule has 2 aromatic carbocycles. The van der Waals surface area contributed by atoms with Gasteiger partial charge in [-0.2, -0.15) is 5.10 Å². The highest BCUT2D eigenvalue weighted by molar-refractivity contribution is 6.16. The minimum atomic E-state index is -1.27. The second-order valence-electron chi connectivity index (χ2n) is 8.42. The van der Waals surface area contributed by atoms with Crippen LogP contribution in [-0.2, 0) is 16.0 Å². The summed E-state index contributed by atoms with van der Waals surface area (Å²) in [6.07, 6.45) is 2.44. The molecule has 0 saturated heterocycles. The Labute approximate surface area is 203 Å². The van der Waals surface area contributed by atoms with E-state index >= 15 is 0 Å². The Morgan fingerprint density at radius 3 is 2.36 bits per heavy atom. The number of amides is 2. The molecule has 36 heavy (non-hydrogen) atoms. The molecule has 0 bridgehead atoms. The third kappa shape index (κ3) is 4.48. The maximum Gasteiger partial charge on any atom is 0.240 e. The summed E-state index contributed by atoms with van der Waals surface area (Å²) in [5, 5.41) is 21.9. The second-order valence-corrected chi connectivity index (χ2v) is 8.42. The van der Waals surface area contributed by atoms with Gasteiger partial charge in [0.15, 0.2) is 17.2 Å². The van der Waals surface area contributed by atoms with Crippen LogP contribution in [0, 0.1) is 17.0 Å². The van der Waals surface area contributed by atoms with Crippen LogP contribution in [0.3, 0.4) is 0 Å². The molecule has 0 unspecified atom stereocenters. The van der Waals surface area contributed by atoms with Crippen LogP contribution in [0.5, 0.6) is 11.5 Å². The average Bonchev–Trinajstić information content (AvgIpc) is 3.58. The first kappa shape index (κ1) is 23.4. The number of aliphatic hydroxyl groups is 1. The number of aromatic amines is 1. The Kier molecular flexibility index (Phi) is 6.06. The zero-order chi connectivity index (χ0) is 25.3. The summed E-state index contributed by atoms with van der Waals surface area (Å²) in [6.45, 7) is -0.125. The van der Waals surface area contributed by atoms with Crippen molar-refractivity contribution in [1.29, 1.82) is 0 Å². The predicted molar refractivity (Wildman–Crippen MR) is 126 cm³/mol. The van der Waals surface area contributed by atoms with Gasteiger partial charge >= 0.3 is 0 Å². The second kappa shape index (κ2) is 9.34. The molecule has 184 valence electrons. The summed E-state index contributed by atoms with van der Waals surface area (Å²) in [6, 6.07) is 10.7. The SMILES string of the molecule is O=C(Nc1ccc(F)cc1)C1(C(=O)Nc2ccc(Oc3ccnc4[nH]nc(CCO)c34)c(F)c2)CC1. The molecule has 2 heterocycles. The molecule has 0 radical (unpaired) electrons. The average molecular weight is 493 g/mol. The summed E-state index contributed by atoms with van der Waals surface area (Å²) >= 11 is 0. The van der Waals surface area contributed by atoms with Gasteiger partial charge in [0.25, 0.3) is 0 Å². The molecule has 5 rings (SSSR count). The highest BCUT2D eigenvalue weighted by Gasteiger charge is 2.56. The van der Waals surface area contributed by atoms with Crippen molar-refractivity contribution in [3.63, 3.8) is 0 Å². The third-order valence-electron chi connectivity index (χ3n) is 5.98. The van der Waals surface area contributed by atoms with Gasteiger partial charge in [0, 0.05) is 36.7 Å². The van der Waals surface area contributed by atoms with Gasteiger partial charge < -0.3 is 20.5 Å². The lowest BCUT2D eigenvalue weighted by molar-refractivity contribution is -0.131. The Hall–Kier alpha value is -4.38. The molecule has 1 fully saturated rings. The molecule has 2 aromatic heterocycles. The van der Waals surface area contributed by atoms with Gasteiger partial charge in [-0.3, -0.25) is 14.7 Å². The molecule has 0 aliphatic heterocycles. The van der Waals surface area contributed by atoms with Crippen molar-refractivity contribution >= 4 is 34.2 Å². The standard InChI is InChI=1S/C25H21F2N5O4/c26-14-1-3-15(4-2-14)29-23(34)25(9-10-25)24(35)30-16-5-6-19(17(27)13-16)36-20-7-11-28-22-21(20)18(8-12-33)31-32-22/h1-7,11,13,33H,8-10,12H2,(H,29,34)(H,30,35)(H,28,31,32). The molecule has 4 aromatic rings. The Bertz CT molecular complexity index is 1450. The number of fused-ring (bicyclic) bond motifs is 1. The van der Waals surface area contributed by atoms with Gasteiger partial charge in [-0.1, -0.05) is 0 Å². The molecule has 11 heteroatoms. The number of aromatic nitrogens is 3. The van der Waals surface area contributed by atoms with E-state index in [-0.39, 0.29) is 24.5 Å². The maximum atomic E-state index is 14.9. The molecule has 4 N–H and O–H groups in total. The molecule has 1 aliphatic rings. The van der Waals surface area contributed by atoms with Crippen LogP contribution >= 0.6 is 0 Å². The number of ether oxygens (including phenoxy) is 1. The quantitative estimate of drug-likeness (QED) is 0.276. The minimum absolute atomic E-state index is 0.0909. The van der Waals surface area contributed by atoms with E-state index in [1.54, 1.807) is 6.07 Å². The molecule has 9 nitrogen and oxygen atoms in total. The fourth-order valence-corrected chi connectivity index (χ4v) is 3.85. The highest BCUT2D eigenvalue weighted by atomic mass is 19.1. The van der Waals surface area contributed by atoms with Crippen LogP contribution in [0.4, 0.5) is 20.2 Å². The molecule has 1 saturated carbocycles. The molecule has 0 atom stereocenters. The minimum Gasteiger partial charge on any atom is -0.453 e. The topological polar surface area (TPSA) is 129 Å². The van der Waals surface area contributed by atoms with Crippen molar-refractivity contribution in [1.82, 2.24) is 15.2 Å². The number of halogens is 2. The van der Waals surface area contributed by atoms with Gasteiger partial charge in [0.2, 0.25) is 11.8 Å². The van der Waals surface area contributed by atoms with E-state index in [0.29, 0.717) is 41.0 Å². The summed E-state index contributed by atoms with van der Waals surface area (Å²) in [4.78, 5) is 29.7. The monoisotopic (exact) mass is 493 g/mol. The Balaban J connectivity index is 1.29. The van der Waals surface area contributed by atoms with Crippen molar-refractivity contribution in [3.8, 4) is 11.5 Å². The summed E-state index contributed by atoms with van der Waals surface area (Å²) in [7, 11) is 0. The van der Waals surface area contributed by atoms with E-state index < -0.39 is 28.9 Å². The zero-order valence-electron chi connectivity index (χ0n) is 18.8. The number of hydrogen-bond donors (Lipinski definition) is 4. The highest BCUT2D eigenvalue weighted by Crippen LogP contribution is 2.47. The van der Waals surface area contributed by atoms with Crippen molar-refractivity contribution in [2.45, 2.75) is 19.3 Å². The Morgan fingerprint density at radius 1 is 1.00 bits per heavy atom. The van der Waals surface area contributed by atoms with Crippen molar-refractivity contribution in [3.05, 3.63) is 72.1 Å². The van der Waals surface area contributed by atoms with E-state index in [1.165, 1.54) is 42.6 Å². The Morgan fingerprint density at radius 2 is 1.69 bits per heavy atom. The van der Waals surface area contributed by atoms with E-state index in [1.807, 2.05) is 0 Å². The van der Waals surface area contributed by atoms with Crippen LogP contribution in [-0.4, -0.2) is 38.7 Å². The lowest BCUT2D eigenvalue weighted by atomic mass is 10.0. The number of H-pyrrole nitrogens is 1. The summed E-state index contributed by atoms with van der Waals surface area (Å²) < 4.78 is 33.7. The van der Waals surface area contributed by atoms with Crippen molar-refractivity contribution < 1.29 is 28.2 Å². The van der Waals surface area contributed by atoms with Crippen LogP contribution in [0.1, 0.15) is 18.5 Å². The van der Waals surface area contributed by atoms with E-state index in [0.717, 1.165) is 6.07 Å². The van der Waals surface area contributed by atoms with Gasteiger partial charge in [0.1, 0.15) is 17.0 Å². The smallest absolute Gasteiger partial charge is 0.240 e. The van der Waals surface area contributed by atoms with Gasteiger partial charge in [-0.15, -0.1) is 0 Å². The van der Waals surface area contributed by atoms with Crippen LogP contribution < -0.4 is 15.4 Å². The van der Waals surface area contributed by atoms with Crippen LogP contribution in [0.2, 0.25) is 0 Å². The largest absolute Gasteiger partial charge is 0.453 e. The van der Waals surface area contributed by atoms with Crippen LogP contribution in [0.25, 0.3) is 11.0 Å². The van der Waals surface area contributed by atoms with Crippen molar-refractivity contribution in [2.75, 3.05) is 17.2 Å². The first-order valence-corrected chi connectivity index (χ1v) is 11.2. The number of benzene rings is 2. The number of nitrogens with zero attached hydrogens (tertiary/aromatic N) is 2. The fourth-order valence-electron chi connectivity index (χ4n) is 3.85. The van der Waals surface area contributed by atoms with E-state index in [4.69, 9.17) is 4.74 Å². The summed E-state index contributed by atoms with van der Waals surface area (Å²) in [5.74, 6) is -2.02. The van der Waals surface area contributed by atoms with Crippen LogP contribution in [0.15, 0.2) is 54.7 Å². The number of anilines is 2. The molecule has 2 amide bonds. The number of pyridine rings is 1. The van der Waals surface area contributed by atoms with Gasteiger partial charge in [0.05, 0.1) is 11.1 Å². The number of rotatable bonds is 8. The third-order valence-corrected chi connectivity index (χ3v) is 5.98. The maximum absolute atomic E-state index is 14.9. The molecule has 0 spiro atoms. The molecular formula is C25H21F2N5O4.